The molecule has 0 atom stereocenters. The Kier molecular flexibility index (Phi) is 6.37. The maximum absolute atomic E-state index is 12.3. The molecule has 1 heterocycles. The van der Waals surface area contributed by atoms with Gasteiger partial charge in [0.2, 0.25) is 0 Å². The minimum Gasteiger partial charge on any atom is -0.272 e. The van der Waals surface area contributed by atoms with E-state index < -0.39 is 0 Å². The minimum absolute atomic E-state index is 0.323. The normalized spacial score (nSPS) is 11.3. The number of aryl methyl sites for hydroxylation is 1. The van der Waals surface area contributed by atoms with E-state index in [1.807, 2.05) is 24.3 Å². The average molecular weight is 374 g/mol. The van der Waals surface area contributed by atoms with Gasteiger partial charge in [-0.25, -0.2) is 5.43 Å². The first kappa shape index (κ1) is 19.5. The van der Waals surface area contributed by atoms with E-state index in [1.54, 1.807) is 12.3 Å². The Balaban J connectivity index is 1.61. The van der Waals surface area contributed by atoms with Crippen molar-refractivity contribution in [2.75, 3.05) is 0 Å². The molecule has 0 spiro atoms. The van der Waals surface area contributed by atoms with E-state index in [4.69, 9.17) is 0 Å². The van der Waals surface area contributed by atoms with Crippen LogP contribution >= 0.6 is 0 Å². The number of aromatic amines is 1. The number of amides is 1. The van der Waals surface area contributed by atoms with Crippen LogP contribution < -0.4 is 5.43 Å². The highest BCUT2D eigenvalue weighted by Gasteiger charge is 2.10. The lowest BCUT2D eigenvalue weighted by atomic mass is 10.0. The van der Waals surface area contributed by atoms with Crippen LogP contribution in [0.15, 0.2) is 59.7 Å². The lowest BCUT2D eigenvalue weighted by molar-refractivity contribution is 0.0950. The first-order chi connectivity index (χ1) is 13.5. The summed E-state index contributed by atoms with van der Waals surface area (Å²) in [4.78, 5) is 12.3. The van der Waals surface area contributed by atoms with Crippen molar-refractivity contribution < 1.29 is 4.79 Å². The van der Waals surface area contributed by atoms with Gasteiger partial charge in [0.05, 0.1) is 11.9 Å². The molecule has 2 N–H and O–H groups in total. The number of carbonyl (C=O) groups excluding carboxylic acids is 1. The van der Waals surface area contributed by atoms with Gasteiger partial charge in [0.1, 0.15) is 5.69 Å². The summed E-state index contributed by atoms with van der Waals surface area (Å²) < 4.78 is 0. The van der Waals surface area contributed by atoms with Gasteiger partial charge in [-0.15, -0.1) is 0 Å². The Bertz CT molecular complexity index is 937. The molecule has 0 saturated carbocycles. The maximum atomic E-state index is 12.3. The quantitative estimate of drug-likeness (QED) is 0.469. The number of nitrogens with one attached hydrogen (secondary N) is 2. The Morgan fingerprint density at radius 1 is 1.11 bits per heavy atom. The predicted octanol–water partition coefficient (Wildman–Crippen LogP) is 4.60. The molecule has 0 aliphatic carbocycles. The molecular formula is C23H26N4O. The number of benzene rings is 2. The molecule has 0 aliphatic heterocycles. The zero-order valence-corrected chi connectivity index (χ0v) is 16.6. The largest absolute Gasteiger partial charge is 0.289 e. The number of aromatic nitrogens is 2. The summed E-state index contributed by atoms with van der Waals surface area (Å²) in [5, 5.41) is 11.0. The zero-order chi connectivity index (χ0) is 19.9. The summed E-state index contributed by atoms with van der Waals surface area (Å²) in [7, 11) is 0. The van der Waals surface area contributed by atoms with Gasteiger partial charge in [-0.2, -0.15) is 10.2 Å². The fraction of sp³-hybridized carbons (Fsp3) is 0.261. The van der Waals surface area contributed by atoms with Crippen LogP contribution in [0.5, 0.6) is 0 Å². The van der Waals surface area contributed by atoms with Gasteiger partial charge in [0.15, 0.2) is 0 Å². The second-order valence-electron chi connectivity index (χ2n) is 7.26. The molecule has 3 aromatic rings. The Labute approximate surface area is 165 Å². The van der Waals surface area contributed by atoms with Crippen LogP contribution in [0.3, 0.4) is 0 Å². The highest BCUT2D eigenvalue weighted by Crippen LogP contribution is 2.19. The van der Waals surface area contributed by atoms with Crippen LogP contribution in [-0.2, 0) is 12.8 Å². The SMILES string of the molecule is CCc1ccc(/C=N/NC(=O)c2cc(-c3ccc(CC(C)C)cc3)n[nH]2)cc1. The van der Waals surface area contributed by atoms with E-state index in [1.165, 1.54) is 11.1 Å². The first-order valence-electron chi connectivity index (χ1n) is 9.62. The van der Waals surface area contributed by atoms with E-state index in [-0.39, 0.29) is 5.91 Å². The molecule has 3 rings (SSSR count). The van der Waals surface area contributed by atoms with Crippen LogP contribution in [-0.4, -0.2) is 22.3 Å². The van der Waals surface area contributed by atoms with Crippen LogP contribution in [0, 0.1) is 5.92 Å². The summed E-state index contributed by atoms with van der Waals surface area (Å²) in [5.41, 5.74) is 8.12. The van der Waals surface area contributed by atoms with E-state index in [0.717, 1.165) is 29.7 Å². The minimum atomic E-state index is -0.323. The molecule has 28 heavy (non-hydrogen) atoms. The highest BCUT2D eigenvalue weighted by atomic mass is 16.2. The molecule has 5 heteroatoms. The van der Waals surface area contributed by atoms with Gasteiger partial charge >= 0.3 is 0 Å². The van der Waals surface area contributed by atoms with Crippen molar-refractivity contribution in [2.45, 2.75) is 33.6 Å². The molecule has 0 unspecified atom stereocenters. The lowest BCUT2D eigenvalue weighted by Gasteiger charge is -2.05. The monoisotopic (exact) mass is 374 g/mol. The topological polar surface area (TPSA) is 70.1 Å². The van der Waals surface area contributed by atoms with Gasteiger partial charge in [-0.05, 0) is 41.5 Å². The molecule has 1 amide bonds. The smallest absolute Gasteiger partial charge is 0.272 e. The van der Waals surface area contributed by atoms with Crippen LogP contribution in [0.1, 0.15) is 48.0 Å². The molecule has 5 nitrogen and oxygen atoms in total. The third-order valence-corrected chi connectivity index (χ3v) is 4.48. The Hall–Kier alpha value is -3.21. The third kappa shape index (κ3) is 5.16. The van der Waals surface area contributed by atoms with Crippen molar-refractivity contribution >= 4 is 12.1 Å². The average Bonchev–Trinajstić information content (AvgIpc) is 3.19. The number of hydrogen-bond acceptors (Lipinski definition) is 3. The van der Waals surface area contributed by atoms with E-state index in [0.29, 0.717) is 11.6 Å². The maximum Gasteiger partial charge on any atom is 0.289 e. The number of hydrazone groups is 1. The zero-order valence-electron chi connectivity index (χ0n) is 16.6. The van der Waals surface area contributed by atoms with Gasteiger partial charge in [0.25, 0.3) is 5.91 Å². The van der Waals surface area contributed by atoms with Crippen molar-refractivity contribution in [3.05, 3.63) is 77.0 Å². The second kappa shape index (κ2) is 9.13. The fourth-order valence-corrected chi connectivity index (χ4v) is 2.93. The number of carbonyl (C=O) groups is 1. The fourth-order valence-electron chi connectivity index (χ4n) is 2.93. The lowest BCUT2D eigenvalue weighted by Crippen LogP contribution is -2.17. The molecule has 0 radical (unpaired) electrons. The molecule has 2 aromatic carbocycles. The Morgan fingerprint density at radius 3 is 2.43 bits per heavy atom. The number of H-pyrrole nitrogens is 1. The summed E-state index contributed by atoms with van der Waals surface area (Å²) in [6, 6.07) is 18.1. The molecular weight excluding hydrogens is 348 g/mol. The number of nitrogens with zero attached hydrogens (tertiary/aromatic N) is 2. The van der Waals surface area contributed by atoms with Gasteiger partial charge in [-0.3, -0.25) is 9.89 Å². The van der Waals surface area contributed by atoms with Crippen molar-refractivity contribution in [3.63, 3.8) is 0 Å². The molecule has 0 saturated heterocycles. The van der Waals surface area contributed by atoms with Crippen molar-refractivity contribution in [1.29, 1.82) is 0 Å². The van der Waals surface area contributed by atoms with Crippen molar-refractivity contribution in [3.8, 4) is 11.3 Å². The molecule has 0 aliphatic rings. The molecule has 0 fully saturated rings. The predicted molar refractivity (Wildman–Crippen MR) is 113 cm³/mol. The van der Waals surface area contributed by atoms with Gasteiger partial charge in [-0.1, -0.05) is 69.3 Å². The first-order valence-corrected chi connectivity index (χ1v) is 9.62. The molecule has 144 valence electrons. The van der Waals surface area contributed by atoms with E-state index >= 15 is 0 Å². The van der Waals surface area contributed by atoms with Crippen LogP contribution in [0.2, 0.25) is 0 Å². The third-order valence-electron chi connectivity index (χ3n) is 4.48. The summed E-state index contributed by atoms with van der Waals surface area (Å²) in [6.07, 6.45) is 3.67. The number of rotatable bonds is 7. The highest BCUT2D eigenvalue weighted by molar-refractivity contribution is 5.94. The Morgan fingerprint density at radius 2 is 1.79 bits per heavy atom. The van der Waals surface area contributed by atoms with Crippen LogP contribution in [0.4, 0.5) is 0 Å². The van der Waals surface area contributed by atoms with Crippen molar-refractivity contribution in [1.82, 2.24) is 15.6 Å². The van der Waals surface area contributed by atoms with Gasteiger partial charge in [0, 0.05) is 5.56 Å². The van der Waals surface area contributed by atoms with E-state index in [2.05, 4.69) is 65.8 Å². The van der Waals surface area contributed by atoms with Gasteiger partial charge < -0.3 is 0 Å². The molecule has 0 bridgehead atoms. The molecule has 1 aromatic heterocycles. The summed E-state index contributed by atoms with van der Waals surface area (Å²) in [6.45, 7) is 6.52. The van der Waals surface area contributed by atoms with Crippen LogP contribution in [0.25, 0.3) is 11.3 Å². The number of hydrogen-bond donors (Lipinski definition) is 2. The second-order valence-corrected chi connectivity index (χ2v) is 7.26. The summed E-state index contributed by atoms with van der Waals surface area (Å²) >= 11 is 0. The summed E-state index contributed by atoms with van der Waals surface area (Å²) in [5.74, 6) is 0.299. The van der Waals surface area contributed by atoms with Crippen molar-refractivity contribution in [2.24, 2.45) is 11.0 Å². The standard InChI is InChI=1S/C23H26N4O/c1-4-17-5-7-19(8-6-17)15-24-27-23(28)22-14-21(25-26-22)20-11-9-18(10-12-20)13-16(2)3/h5-12,14-16H,4,13H2,1-3H3,(H,25,26)(H,27,28)/b24-15+. The van der Waals surface area contributed by atoms with E-state index in [9.17, 15) is 4.79 Å².